The molecule has 3 nitrogen and oxygen atoms in total. The minimum Gasteiger partial charge on any atom is -0.382 e. The van der Waals surface area contributed by atoms with Gasteiger partial charge in [0.1, 0.15) is 0 Å². The van der Waals surface area contributed by atoms with Crippen molar-refractivity contribution in [3.8, 4) is 0 Å². The maximum Gasteiger partial charge on any atom is 0.0634 e. The zero-order valence-corrected chi connectivity index (χ0v) is 10.1. The number of hydrogen-bond acceptors (Lipinski definition) is 3. The van der Waals surface area contributed by atoms with E-state index >= 15 is 0 Å². The van der Waals surface area contributed by atoms with Crippen LogP contribution in [-0.2, 0) is 9.47 Å². The summed E-state index contributed by atoms with van der Waals surface area (Å²) in [5.41, 5.74) is -0.00703. The summed E-state index contributed by atoms with van der Waals surface area (Å²) in [5, 5.41) is 3.37. The van der Waals surface area contributed by atoms with Gasteiger partial charge in [0.05, 0.1) is 5.60 Å². The van der Waals surface area contributed by atoms with Crippen LogP contribution in [0.1, 0.15) is 33.6 Å². The van der Waals surface area contributed by atoms with Gasteiger partial charge in [-0.3, -0.25) is 0 Å². The van der Waals surface area contributed by atoms with Crippen molar-refractivity contribution in [2.24, 2.45) is 0 Å². The average Bonchev–Trinajstić information content (AvgIpc) is 2.16. The van der Waals surface area contributed by atoms with Gasteiger partial charge >= 0.3 is 0 Å². The largest absolute Gasteiger partial charge is 0.382 e. The van der Waals surface area contributed by atoms with Gasteiger partial charge in [-0.1, -0.05) is 0 Å². The zero-order chi connectivity index (χ0) is 10.9. The van der Waals surface area contributed by atoms with E-state index in [1.807, 2.05) is 6.92 Å². The summed E-state index contributed by atoms with van der Waals surface area (Å²) in [6, 6.07) is 0. The lowest BCUT2D eigenvalue weighted by atomic mass is 10.1. The van der Waals surface area contributed by atoms with Gasteiger partial charge in [-0.05, 0) is 46.7 Å². The van der Waals surface area contributed by atoms with Gasteiger partial charge in [-0.2, -0.15) is 0 Å². The molecule has 0 unspecified atom stereocenters. The van der Waals surface area contributed by atoms with E-state index in [-0.39, 0.29) is 5.60 Å². The number of hydrogen-bond donors (Lipinski definition) is 1. The third-order valence-electron chi connectivity index (χ3n) is 2.30. The third-order valence-corrected chi connectivity index (χ3v) is 2.30. The van der Waals surface area contributed by atoms with Crippen molar-refractivity contribution in [2.45, 2.75) is 39.2 Å². The monoisotopic (exact) mass is 203 g/mol. The Morgan fingerprint density at radius 3 is 2.50 bits per heavy atom. The van der Waals surface area contributed by atoms with Crippen LogP contribution in [-0.4, -0.2) is 39.0 Å². The van der Waals surface area contributed by atoms with Crippen LogP contribution in [0.5, 0.6) is 0 Å². The molecule has 0 aliphatic heterocycles. The van der Waals surface area contributed by atoms with Crippen LogP contribution in [0, 0.1) is 0 Å². The predicted octanol–water partition coefficient (Wildman–Crippen LogP) is 1.82. The molecule has 0 atom stereocenters. The lowest BCUT2D eigenvalue weighted by molar-refractivity contribution is 0.0158. The normalized spacial score (nSPS) is 12.0. The average molecular weight is 203 g/mol. The molecule has 86 valence electrons. The highest BCUT2D eigenvalue weighted by Gasteiger charge is 2.14. The maximum atomic E-state index is 5.32. The molecule has 0 heterocycles. The first kappa shape index (κ1) is 13.9. The summed E-state index contributed by atoms with van der Waals surface area (Å²) in [6.45, 7) is 9.94. The summed E-state index contributed by atoms with van der Waals surface area (Å²) in [5.74, 6) is 0. The Morgan fingerprint density at radius 1 is 1.21 bits per heavy atom. The van der Waals surface area contributed by atoms with Crippen molar-refractivity contribution in [2.75, 3.05) is 33.4 Å². The molecule has 0 radical (unpaired) electrons. The highest BCUT2D eigenvalue weighted by atomic mass is 16.5. The third kappa shape index (κ3) is 8.48. The van der Waals surface area contributed by atoms with Crippen molar-refractivity contribution < 1.29 is 9.47 Å². The van der Waals surface area contributed by atoms with Crippen molar-refractivity contribution in [1.82, 2.24) is 5.32 Å². The molecule has 0 rings (SSSR count). The summed E-state index contributed by atoms with van der Waals surface area (Å²) in [4.78, 5) is 0. The van der Waals surface area contributed by atoms with Crippen LogP contribution < -0.4 is 5.32 Å². The molecule has 0 bridgehead atoms. The number of ether oxygens (including phenoxy) is 2. The maximum absolute atomic E-state index is 5.32. The van der Waals surface area contributed by atoms with Gasteiger partial charge in [0, 0.05) is 20.3 Å². The summed E-state index contributed by atoms with van der Waals surface area (Å²) in [6.07, 6.45) is 2.12. The van der Waals surface area contributed by atoms with Gasteiger partial charge < -0.3 is 14.8 Å². The van der Waals surface area contributed by atoms with E-state index in [1.54, 1.807) is 7.11 Å². The highest BCUT2D eigenvalue weighted by molar-refractivity contribution is 4.68. The van der Waals surface area contributed by atoms with Crippen LogP contribution in [0.15, 0.2) is 0 Å². The number of nitrogens with one attached hydrogen (secondary N) is 1. The molecule has 0 aromatic carbocycles. The molecule has 0 amide bonds. The smallest absolute Gasteiger partial charge is 0.0634 e. The standard InChI is InChI=1S/C11H25NO2/c1-5-14-10-6-8-12-9-7-11(2,3)13-4/h12H,5-10H2,1-4H3. The van der Waals surface area contributed by atoms with Gasteiger partial charge in [0.2, 0.25) is 0 Å². The fourth-order valence-electron chi connectivity index (χ4n) is 1.06. The van der Waals surface area contributed by atoms with E-state index in [0.717, 1.165) is 39.1 Å². The SMILES string of the molecule is CCOCCCNCCC(C)(C)OC. The second-order valence-corrected chi connectivity index (χ2v) is 4.01. The van der Waals surface area contributed by atoms with Gasteiger partial charge in [0.25, 0.3) is 0 Å². The zero-order valence-electron chi connectivity index (χ0n) is 10.1. The fraction of sp³-hybridized carbons (Fsp3) is 1.00. The summed E-state index contributed by atoms with van der Waals surface area (Å²) >= 11 is 0. The van der Waals surface area contributed by atoms with E-state index in [1.165, 1.54) is 0 Å². The molecule has 0 saturated carbocycles. The van der Waals surface area contributed by atoms with Gasteiger partial charge in [-0.25, -0.2) is 0 Å². The van der Waals surface area contributed by atoms with Gasteiger partial charge in [0.15, 0.2) is 0 Å². The van der Waals surface area contributed by atoms with Crippen LogP contribution in [0.4, 0.5) is 0 Å². The Kier molecular flexibility index (Phi) is 8.14. The summed E-state index contributed by atoms with van der Waals surface area (Å²) < 4.78 is 10.6. The van der Waals surface area contributed by atoms with Crippen molar-refractivity contribution >= 4 is 0 Å². The Morgan fingerprint density at radius 2 is 1.93 bits per heavy atom. The van der Waals surface area contributed by atoms with Crippen molar-refractivity contribution in [3.05, 3.63) is 0 Å². The van der Waals surface area contributed by atoms with Crippen LogP contribution >= 0.6 is 0 Å². The fourth-order valence-corrected chi connectivity index (χ4v) is 1.06. The minimum atomic E-state index is -0.00703. The topological polar surface area (TPSA) is 30.5 Å². The minimum absolute atomic E-state index is 0.00703. The second-order valence-electron chi connectivity index (χ2n) is 4.01. The van der Waals surface area contributed by atoms with Gasteiger partial charge in [-0.15, -0.1) is 0 Å². The lowest BCUT2D eigenvalue weighted by Gasteiger charge is -2.22. The highest BCUT2D eigenvalue weighted by Crippen LogP contribution is 2.11. The van der Waals surface area contributed by atoms with E-state index in [2.05, 4.69) is 19.2 Å². The molecular formula is C11H25NO2. The molecule has 0 saturated heterocycles. The van der Waals surface area contributed by atoms with Crippen LogP contribution in [0.25, 0.3) is 0 Å². The molecule has 0 aromatic rings. The molecule has 1 N–H and O–H groups in total. The molecule has 0 fully saturated rings. The Hall–Kier alpha value is -0.120. The first-order chi connectivity index (χ1) is 6.62. The Bertz CT molecular complexity index is 126. The van der Waals surface area contributed by atoms with E-state index < -0.39 is 0 Å². The first-order valence-electron chi connectivity index (χ1n) is 5.46. The van der Waals surface area contributed by atoms with Crippen LogP contribution in [0.3, 0.4) is 0 Å². The molecule has 14 heavy (non-hydrogen) atoms. The van der Waals surface area contributed by atoms with Crippen molar-refractivity contribution in [3.63, 3.8) is 0 Å². The van der Waals surface area contributed by atoms with E-state index in [9.17, 15) is 0 Å². The summed E-state index contributed by atoms with van der Waals surface area (Å²) in [7, 11) is 1.76. The Labute approximate surface area is 88.2 Å². The molecule has 0 spiro atoms. The lowest BCUT2D eigenvalue weighted by Crippen LogP contribution is -2.29. The van der Waals surface area contributed by atoms with Crippen LogP contribution in [0.2, 0.25) is 0 Å². The van der Waals surface area contributed by atoms with Crippen molar-refractivity contribution in [1.29, 1.82) is 0 Å². The first-order valence-corrected chi connectivity index (χ1v) is 5.46. The molecule has 0 aliphatic rings. The number of rotatable bonds is 9. The number of methoxy groups -OCH3 is 1. The quantitative estimate of drug-likeness (QED) is 0.580. The molecule has 3 heteroatoms. The van der Waals surface area contributed by atoms with E-state index in [4.69, 9.17) is 9.47 Å². The molecule has 0 aromatic heterocycles. The predicted molar refractivity (Wildman–Crippen MR) is 59.7 cm³/mol. The van der Waals surface area contributed by atoms with E-state index in [0.29, 0.717) is 0 Å². The molecule has 0 aliphatic carbocycles. The Balaban J connectivity index is 3.13. The molecular weight excluding hydrogens is 178 g/mol. The second kappa shape index (κ2) is 8.21.